The van der Waals surface area contributed by atoms with E-state index in [2.05, 4.69) is 13.8 Å². The van der Waals surface area contributed by atoms with Crippen molar-refractivity contribution in [3.8, 4) is 0 Å². The molecule has 0 saturated heterocycles. The van der Waals surface area contributed by atoms with Crippen molar-refractivity contribution in [1.82, 2.24) is 0 Å². The molecule has 9 nitrogen and oxygen atoms in total. The van der Waals surface area contributed by atoms with Crippen LogP contribution in [0.5, 0.6) is 0 Å². The number of nitrogens with two attached hydrogens (primary N) is 1. The quantitative estimate of drug-likeness (QED) is 0.0244. The van der Waals surface area contributed by atoms with Crippen LogP contribution in [0.1, 0.15) is 206 Å². The Balaban J connectivity index is 4.14. The number of rotatable bonds is 40. The van der Waals surface area contributed by atoms with E-state index in [1.165, 1.54) is 141 Å². The van der Waals surface area contributed by atoms with E-state index < -0.39 is 26.2 Å². The maximum absolute atomic E-state index is 12.6. The van der Waals surface area contributed by atoms with Gasteiger partial charge in [0.25, 0.3) is 0 Å². The Labute approximate surface area is 302 Å². The molecule has 0 aromatic rings. The number of aliphatic hydroxyl groups is 1. The normalized spacial score (nSPS) is 14.1. The van der Waals surface area contributed by atoms with Crippen molar-refractivity contribution in [2.75, 3.05) is 26.4 Å². The summed E-state index contributed by atoms with van der Waals surface area (Å²) in [7, 11) is -4.34. The fraction of sp³-hybridized carbons (Fsp3) is 0.974. The van der Waals surface area contributed by atoms with E-state index in [0.29, 0.717) is 6.42 Å². The average Bonchev–Trinajstić information content (AvgIpc) is 3.08. The molecule has 4 N–H and O–H groups in total. The first-order chi connectivity index (χ1) is 23.8. The van der Waals surface area contributed by atoms with E-state index >= 15 is 0 Å². The Morgan fingerprint density at radius 2 is 0.980 bits per heavy atom. The highest BCUT2D eigenvalue weighted by atomic mass is 31.2. The molecule has 3 atom stereocenters. The van der Waals surface area contributed by atoms with Crippen LogP contribution >= 0.6 is 7.82 Å². The molecule has 0 heterocycles. The van der Waals surface area contributed by atoms with Gasteiger partial charge in [-0.15, -0.1) is 0 Å². The van der Waals surface area contributed by atoms with Crippen LogP contribution in [0.15, 0.2) is 0 Å². The lowest BCUT2D eigenvalue weighted by molar-refractivity contribution is -0.166. The van der Waals surface area contributed by atoms with Gasteiger partial charge in [0.2, 0.25) is 0 Å². The minimum Gasteiger partial charge on any atom is -0.457 e. The lowest BCUT2D eigenvalue weighted by Gasteiger charge is -2.21. The number of carbonyl (C=O) groups excluding carboxylic acids is 1. The van der Waals surface area contributed by atoms with Gasteiger partial charge in [0.1, 0.15) is 6.10 Å². The SMILES string of the molecule is CCCCCCCCCCCCCCCCCC(=O)O[C@H](COC(O)CCCCCCCCCCCCCCC)COP(=O)(O)OCCN. The molecule has 0 spiro atoms. The van der Waals surface area contributed by atoms with Crippen molar-refractivity contribution < 1.29 is 37.9 Å². The number of esters is 1. The number of phosphoric acid groups is 1. The highest BCUT2D eigenvalue weighted by Crippen LogP contribution is 2.43. The summed E-state index contributed by atoms with van der Waals surface area (Å²) in [5.41, 5.74) is 5.35. The molecule has 0 bridgehead atoms. The Morgan fingerprint density at radius 3 is 1.39 bits per heavy atom. The molecular weight excluding hydrogens is 641 g/mol. The fourth-order valence-electron chi connectivity index (χ4n) is 6.02. The molecule has 0 aliphatic carbocycles. The topological polar surface area (TPSA) is 138 Å². The number of carbonyl (C=O) groups is 1. The molecule has 0 aromatic heterocycles. The zero-order valence-corrected chi connectivity index (χ0v) is 33.0. The maximum atomic E-state index is 12.6. The van der Waals surface area contributed by atoms with Crippen LogP contribution in [0.2, 0.25) is 0 Å². The number of hydrogen-bond donors (Lipinski definition) is 3. The Kier molecular flexibility index (Phi) is 36.8. The van der Waals surface area contributed by atoms with E-state index in [0.717, 1.165) is 38.5 Å². The second-order valence-electron chi connectivity index (χ2n) is 14.0. The van der Waals surface area contributed by atoms with Gasteiger partial charge < -0.3 is 25.2 Å². The highest BCUT2D eigenvalue weighted by Gasteiger charge is 2.25. The number of unbranched alkanes of at least 4 members (excludes halogenated alkanes) is 26. The Bertz CT molecular complexity index is 744. The number of hydrogen-bond acceptors (Lipinski definition) is 8. The van der Waals surface area contributed by atoms with Gasteiger partial charge in [-0.2, -0.15) is 0 Å². The van der Waals surface area contributed by atoms with Crippen molar-refractivity contribution in [3.05, 3.63) is 0 Å². The molecule has 0 fully saturated rings. The zero-order valence-electron chi connectivity index (χ0n) is 32.1. The zero-order chi connectivity index (χ0) is 36.1. The summed E-state index contributed by atoms with van der Waals surface area (Å²) in [5.74, 6) is -0.409. The predicted octanol–water partition coefficient (Wildman–Crippen LogP) is 11.1. The molecule has 49 heavy (non-hydrogen) atoms. The summed E-state index contributed by atoms with van der Waals surface area (Å²) in [6.07, 6.45) is 33.8. The lowest BCUT2D eigenvalue weighted by atomic mass is 10.0. The maximum Gasteiger partial charge on any atom is 0.472 e. The van der Waals surface area contributed by atoms with Gasteiger partial charge in [-0.25, -0.2) is 4.57 Å². The predicted molar refractivity (Wildman–Crippen MR) is 202 cm³/mol. The first-order valence-electron chi connectivity index (χ1n) is 20.7. The summed E-state index contributed by atoms with van der Waals surface area (Å²) < 4.78 is 33.0. The summed E-state index contributed by atoms with van der Waals surface area (Å²) >= 11 is 0. The first kappa shape index (κ1) is 48.5. The van der Waals surface area contributed by atoms with Crippen LogP contribution in [0.25, 0.3) is 0 Å². The molecular formula is C39H80NO8P. The molecule has 0 radical (unpaired) electrons. The van der Waals surface area contributed by atoms with Gasteiger partial charge in [-0.3, -0.25) is 13.8 Å². The number of phosphoric ester groups is 1. The van der Waals surface area contributed by atoms with Gasteiger partial charge in [0.05, 0.1) is 19.8 Å². The Hall–Kier alpha value is -0.540. The summed E-state index contributed by atoms with van der Waals surface area (Å²) in [5, 5.41) is 10.4. The molecule has 10 heteroatoms. The molecule has 0 aliphatic heterocycles. The van der Waals surface area contributed by atoms with E-state index in [1.54, 1.807) is 0 Å². The minimum absolute atomic E-state index is 0.0695. The van der Waals surface area contributed by atoms with Crippen molar-refractivity contribution in [2.45, 2.75) is 219 Å². The average molecular weight is 722 g/mol. The second-order valence-corrected chi connectivity index (χ2v) is 15.5. The molecule has 0 saturated carbocycles. The van der Waals surface area contributed by atoms with E-state index in [4.69, 9.17) is 24.3 Å². The van der Waals surface area contributed by atoms with Crippen molar-refractivity contribution in [1.29, 1.82) is 0 Å². The summed E-state index contributed by atoms with van der Waals surface area (Å²) in [6.45, 7) is 3.93. The lowest BCUT2D eigenvalue weighted by Crippen LogP contribution is -2.30. The molecule has 0 rings (SSSR count). The Morgan fingerprint density at radius 1 is 0.592 bits per heavy atom. The van der Waals surface area contributed by atoms with Crippen molar-refractivity contribution in [3.63, 3.8) is 0 Å². The molecule has 0 aromatic carbocycles. The van der Waals surface area contributed by atoms with Crippen molar-refractivity contribution >= 4 is 13.8 Å². The third kappa shape index (κ3) is 37.0. The molecule has 0 aliphatic rings. The van der Waals surface area contributed by atoms with E-state index in [9.17, 15) is 19.4 Å². The number of ether oxygens (including phenoxy) is 2. The van der Waals surface area contributed by atoms with Crippen molar-refractivity contribution in [2.24, 2.45) is 5.73 Å². The smallest absolute Gasteiger partial charge is 0.457 e. The first-order valence-corrected chi connectivity index (χ1v) is 22.1. The second kappa shape index (κ2) is 37.2. The molecule has 294 valence electrons. The van der Waals surface area contributed by atoms with Crippen LogP contribution in [0, 0.1) is 0 Å². The van der Waals surface area contributed by atoms with Gasteiger partial charge in [-0.1, -0.05) is 181 Å². The summed E-state index contributed by atoms with van der Waals surface area (Å²) in [4.78, 5) is 22.4. The monoisotopic (exact) mass is 722 g/mol. The van der Waals surface area contributed by atoms with Crippen LogP contribution in [-0.2, 0) is 27.9 Å². The largest absolute Gasteiger partial charge is 0.472 e. The minimum atomic E-state index is -4.34. The highest BCUT2D eigenvalue weighted by molar-refractivity contribution is 7.47. The fourth-order valence-corrected chi connectivity index (χ4v) is 6.79. The van der Waals surface area contributed by atoms with E-state index in [1.807, 2.05) is 0 Å². The van der Waals surface area contributed by atoms with Gasteiger partial charge in [0.15, 0.2) is 6.29 Å². The third-order valence-electron chi connectivity index (χ3n) is 9.11. The van der Waals surface area contributed by atoms with Gasteiger partial charge in [-0.05, 0) is 19.3 Å². The number of aliphatic hydroxyl groups excluding tert-OH is 1. The van der Waals surface area contributed by atoms with E-state index in [-0.39, 0.29) is 32.8 Å². The third-order valence-corrected chi connectivity index (χ3v) is 10.1. The van der Waals surface area contributed by atoms with Gasteiger partial charge >= 0.3 is 13.8 Å². The van der Waals surface area contributed by atoms with Crippen LogP contribution in [0.3, 0.4) is 0 Å². The van der Waals surface area contributed by atoms with Crippen LogP contribution in [-0.4, -0.2) is 54.7 Å². The summed E-state index contributed by atoms with van der Waals surface area (Å²) in [6, 6.07) is 0. The van der Waals surface area contributed by atoms with Crippen LogP contribution < -0.4 is 5.73 Å². The molecule has 2 unspecified atom stereocenters. The molecule has 0 amide bonds. The van der Waals surface area contributed by atoms with Crippen LogP contribution in [0.4, 0.5) is 0 Å². The van der Waals surface area contributed by atoms with Gasteiger partial charge in [0, 0.05) is 13.0 Å². The standard InChI is InChI=1S/C39H80NO8P/c1-3-5-7-9-11-13-15-17-18-20-22-24-26-28-30-32-39(42)48-37(36-47-49(43,44)46-34-33-40)35-45-38(41)31-29-27-25-23-21-19-16-14-12-10-8-6-4-2/h37-38,41H,3-36,40H2,1-2H3,(H,43,44)/t37-,38?/m1/s1.